The molecule has 2 heterocycles. The Balaban J connectivity index is 1.87. The molecule has 31 heavy (non-hydrogen) atoms. The minimum Gasteiger partial charge on any atom is -0.383 e. The van der Waals surface area contributed by atoms with Crippen molar-refractivity contribution in [2.45, 2.75) is 13.8 Å². The topological polar surface area (TPSA) is 98.2 Å². The Kier molecular flexibility index (Phi) is 5.80. The summed E-state index contributed by atoms with van der Waals surface area (Å²) in [6.45, 7) is 4.54. The summed E-state index contributed by atoms with van der Waals surface area (Å²) >= 11 is 12.1. The number of hydrogen-bond donors (Lipinski definition) is 2. The summed E-state index contributed by atoms with van der Waals surface area (Å²) in [5, 5.41) is 8.22. The number of nitrogens with zero attached hydrogens (tertiary/aromatic N) is 4. The Morgan fingerprint density at radius 2 is 1.87 bits per heavy atom. The fourth-order valence-electron chi connectivity index (χ4n) is 3.09. The lowest BCUT2D eigenvalue weighted by atomic mass is 10.2. The first-order chi connectivity index (χ1) is 14.8. The van der Waals surface area contributed by atoms with Crippen LogP contribution in [0.2, 0.25) is 10.0 Å². The number of benzene rings is 2. The molecule has 0 saturated heterocycles. The van der Waals surface area contributed by atoms with Crippen LogP contribution >= 0.6 is 23.2 Å². The van der Waals surface area contributed by atoms with Gasteiger partial charge >= 0.3 is 0 Å². The smallest absolute Gasteiger partial charge is 0.257 e. The van der Waals surface area contributed by atoms with Gasteiger partial charge in [0.25, 0.3) is 5.91 Å². The number of halogens is 2. The maximum Gasteiger partial charge on any atom is 0.257 e. The Morgan fingerprint density at radius 1 is 1.16 bits per heavy atom. The van der Waals surface area contributed by atoms with Crippen molar-refractivity contribution < 1.29 is 4.79 Å². The van der Waals surface area contributed by atoms with E-state index in [4.69, 9.17) is 28.9 Å². The lowest BCUT2D eigenvalue weighted by molar-refractivity contribution is 0.0951. The fraction of sp³-hybridized carbons (Fsp3) is 0.182. The molecule has 0 aliphatic carbocycles. The third-order valence-corrected chi connectivity index (χ3v) is 5.38. The van der Waals surface area contributed by atoms with Gasteiger partial charge in [0.2, 0.25) is 0 Å². The highest BCUT2D eigenvalue weighted by Gasteiger charge is 2.24. The summed E-state index contributed by atoms with van der Waals surface area (Å²) in [5.41, 5.74) is 9.46. The lowest BCUT2D eigenvalue weighted by Gasteiger charge is -2.07. The molecule has 1 amide bonds. The number of anilines is 1. The van der Waals surface area contributed by atoms with E-state index < -0.39 is 0 Å². The second kappa shape index (κ2) is 8.53. The second-order valence-electron chi connectivity index (χ2n) is 7.48. The maximum absolute atomic E-state index is 12.9. The van der Waals surface area contributed by atoms with E-state index in [1.165, 1.54) is 4.68 Å². The number of carbonyl (C=O) groups is 1. The SMILES string of the molecule is CC(C)CNC(=O)c1c(N)n(N=Cc2ccc(Cl)c(Cl)c2)c2nc3ccccc3nc12. The van der Waals surface area contributed by atoms with Crippen LogP contribution in [0.1, 0.15) is 29.8 Å². The third-order valence-electron chi connectivity index (χ3n) is 4.64. The van der Waals surface area contributed by atoms with Crippen LogP contribution in [-0.4, -0.2) is 33.3 Å². The monoisotopic (exact) mass is 454 g/mol. The van der Waals surface area contributed by atoms with Crippen molar-refractivity contribution in [3.8, 4) is 0 Å². The standard InChI is InChI=1S/C22H20Cl2N6O/c1-12(2)10-26-22(31)18-19-21(29-17-6-4-3-5-16(17)28-19)30(20(18)25)27-11-13-7-8-14(23)15(24)9-13/h3-9,11-12H,10,25H2,1-2H3,(H,26,31). The molecule has 2 aromatic carbocycles. The summed E-state index contributed by atoms with van der Waals surface area (Å²) in [4.78, 5) is 22.2. The van der Waals surface area contributed by atoms with E-state index in [9.17, 15) is 4.79 Å². The zero-order valence-corrected chi connectivity index (χ0v) is 18.4. The summed E-state index contributed by atoms with van der Waals surface area (Å²) in [5.74, 6) is 0.130. The van der Waals surface area contributed by atoms with Gasteiger partial charge in [0.05, 0.1) is 27.3 Å². The number of nitrogen functional groups attached to an aromatic ring is 1. The van der Waals surface area contributed by atoms with Crippen molar-refractivity contribution in [2.75, 3.05) is 12.3 Å². The molecule has 4 rings (SSSR count). The molecule has 9 heteroatoms. The Labute approximate surface area is 188 Å². The van der Waals surface area contributed by atoms with Crippen LogP contribution in [0.25, 0.3) is 22.2 Å². The van der Waals surface area contributed by atoms with Crippen molar-refractivity contribution in [1.29, 1.82) is 0 Å². The highest BCUT2D eigenvalue weighted by atomic mass is 35.5. The molecule has 0 saturated carbocycles. The Hall–Kier alpha value is -3.16. The summed E-state index contributed by atoms with van der Waals surface area (Å²) < 4.78 is 1.42. The first-order valence-electron chi connectivity index (χ1n) is 9.69. The van der Waals surface area contributed by atoms with Gasteiger partial charge in [-0.1, -0.05) is 55.2 Å². The first kappa shape index (κ1) is 21.1. The first-order valence-corrected chi connectivity index (χ1v) is 10.4. The Bertz CT molecular complexity index is 1330. The lowest BCUT2D eigenvalue weighted by Crippen LogP contribution is -2.28. The number of hydrogen-bond acceptors (Lipinski definition) is 5. The molecule has 0 bridgehead atoms. The summed E-state index contributed by atoms with van der Waals surface area (Å²) in [6.07, 6.45) is 1.57. The van der Waals surface area contributed by atoms with Gasteiger partial charge in [-0.2, -0.15) is 9.78 Å². The molecular weight excluding hydrogens is 435 g/mol. The molecule has 0 fully saturated rings. The minimum absolute atomic E-state index is 0.155. The van der Waals surface area contributed by atoms with Gasteiger partial charge in [0, 0.05) is 6.54 Å². The van der Waals surface area contributed by atoms with Crippen LogP contribution in [0.4, 0.5) is 5.82 Å². The van der Waals surface area contributed by atoms with Gasteiger partial charge in [-0.15, -0.1) is 0 Å². The average molecular weight is 455 g/mol. The largest absolute Gasteiger partial charge is 0.383 e. The molecule has 2 aromatic heterocycles. The normalized spacial score (nSPS) is 11.8. The number of aromatic nitrogens is 3. The van der Waals surface area contributed by atoms with Gasteiger partial charge in [-0.25, -0.2) is 9.97 Å². The molecule has 7 nitrogen and oxygen atoms in total. The number of amides is 1. The minimum atomic E-state index is -0.315. The molecule has 158 valence electrons. The van der Waals surface area contributed by atoms with Gasteiger partial charge in [0.15, 0.2) is 5.65 Å². The van der Waals surface area contributed by atoms with E-state index >= 15 is 0 Å². The second-order valence-corrected chi connectivity index (χ2v) is 8.29. The predicted octanol–water partition coefficient (Wildman–Crippen LogP) is 4.74. The number of rotatable bonds is 5. The van der Waals surface area contributed by atoms with E-state index in [-0.39, 0.29) is 23.2 Å². The quantitative estimate of drug-likeness (QED) is 0.425. The van der Waals surface area contributed by atoms with E-state index in [0.717, 1.165) is 5.56 Å². The van der Waals surface area contributed by atoms with Gasteiger partial charge in [-0.3, -0.25) is 4.79 Å². The number of para-hydroxylation sites is 2. The molecule has 0 unspecified atom stereocenters. The van der Waals surface area contributed by atoms with Crippen molar-refractivity contribution in [2.24, 2.45) is 11.0 Å². The zero-order valence-electron chi connectivity index (χ0n) is 16.9. The molecule has 4 aromatic rings. The van der Waals surface area contributed by atoms with Crippen LogP contribution in [0.15, 0.2) is 47.6 Å². The highest BCUT2D eigenvalue weighted by molar-refractivity contribution is 6.42. The van der Waals surface area contributed by atoms with Crippen molar-refractivity contribution in [3.05, 3.63) is 63.6 Å². The number of carbonyl (C=O) groups excluding carboxylic acids is 1. The number of nitrogens with one attached hydrogen (secondary N) is 1. The highest BCUT2D eigenvalue weighted by Crippen LogP contribution is 2.28. The van der Waals surface area contributed by atoms with E-state index in [1.54, 1.807) is 24.4 Å². The molecule has 3 N–H and O–H groups in total. The predicted molar refractivity (Wildman–Crippen MR) is 126 cm³/mol. The van der Waals surface area contributed by atoms with E-state index in [1.807, 2.05) is 38.1 Å². The average Bonchev–Trinajstić information content (AvgIpc) is 3.01. The zero-order chi connectivity index (χ0) is 22.1. The van der Waals surface area contributed by atoms with Crippen LogP contribution in [-0.2, 0) is 0 Å². The fourth-order valence-corrected chi connectivity index (χ4v) is 3.40. The molecule has 0 aliphatic heterocycles. The molecule has 0 spiro atoms. The Morgan fingerprint density at radius 3 is 2.55 bits per heavy atom. The van der Waals surface area contributed by atoms with Crippen molar-refractivity contribution in [3.63, 3.8) is 0 Å². The number of fused-ring (bicyclic) bond motifs is 2. The van der Waals surface area contributed by atoms with E-state index in [0.29, 0.717) is 38.8 Å². The number of nitrogens with two attached hydrogens (primary N) is 1. The van der Waals surface area contributed by atoms with Gasteiger partial charge < -0.3 is 11.1 Å². The van der Waals surface area contributed by atoms with Crippen LogP contribution in [0.5, 0.6) is 0 Å². The van der Waals surface area contributed by atoms with Crippen LogP contribution < -0.4 is 11.1 Å². The third kappa shape index (κ3) is 4.19. The van der Waals surface area contributed by atoms with Gasteiger partial charge in [0.1, 0.15) is 16.9 Å². The van der Waals surface area contributed by atoms with Crippen molar-refractivity contribution in [1.82, 2.24) is 20.0 Å². The molecule has 0 radical (unpaired) electrons. The maximum atomic E-state index is 12.9. The summed E-state index contributed by atoms with van der Waals surface area (Å²) in [6, 6.07) is 12.6. The van der Waals surface area contributed by atoms with Gasteiger partial charge in [-0.05, 0) is 35.7 Å². The van der Waals surface area contributed by atoms with Crippen molar-refractivity contribution >= 4 is 63.3 Å². The molecule has 0 atom stereocenters. The molecule has 0 aliphatic rings. The van der Waals surface area contributed by atoms with E-state index in [2.05, 4.69) is 20.4 Å². The molecular formula is C22H20Cl2N6O. The van der Waals surface area contributed by atoms with Crippen LogP contribution in [0.3, 0.4) is 0 Å². The van der Waals surface area contributed by atoms with Crippen LogP contribution in [0, 0.1) is 5.92 Å². The summed E-state index contributed by atoms with van der Waals surface area (Å²) in [7, 11) is 0.